The number of carbonyl (C=O) groups excluding carboxylic acids is 1. The van der Waals surface area contributed by atoms with Gasteiger partial charge in [-0.1, -0.05) is 13.8 Å². The van der Waals surface area contributed by atoms with Gasteiger partial charge < -0.3 is 24.6 Å². The minimum Gasteiger partial charge on any atom is -0.493 e. The van der Waals surface area contributed by atoms with Gasteiger partial charge >= 0.3 is 5.97 Å². The maximum Gasteiger partial charge on any atom is 0.326 e. The van der Waals surface area contributed by atoms with E-state index in [0.29, 0.717) is 30.3 Å². The third kappa shape index (κ3) is 4.77. The van der Waals surface area contributed by atoms with Crippen LogP contribution in [0.3, 0.4) is 0 Å². The molecule has 0 radical (unpaired) electrons. The summed E-state index contributed by atoms with van der Waals surface area (Å²) in [6.45, 7) is 4.07. The van der Waals surface area contributed by atoms with E-state index in [9.17, 15) is 9.59 Å². The lowest BCUT2D eigenvalue weighted by atomic mass is 10.0. The Hall–Kier alpha value is -2.44. The van der Waals surface area contributed by atoms with Crippen LogP contribution in [0.15, 0.2) is 18.2 Å². The summed E-state index contributed by atoms with van der Waals surface area (Å²) in [6.07, 6.45) is 0.700. The Morgan fingerprint density at radius 2 is 2.04 bits per heavy atom. The summed E-state index contributed by atoms with van der Waals surface area (Å²) in [5.41, 5.74) is 0. The number of aliphatic carboxylic acids is 1. The van der Waals surface area contributed by atoms with Crippen LogP contribution in [0, 0.1) is 5.92 Å². The van der Waals surface area contributed by atoms with Crippen LogP contribution in [0.25, 0.3) is 0 Å². The molecule has 0 saturated carbocycles. The second-order valence-corrected chi connectivity index (χ2v) is 5.59. The number of hydrogen-bond acceptors (Lipinski definition) is 5. The molecule has 0 spiro atoms. The SMILES string of the molecule is CC(C)C(NC(=O)CCCOc1ccc2c(c1)OCO2)C(=O)O. The highest BCUT2D eigenvalue weighted by molar-refractivity contribution is 5.83. The summed E-state index contributed by atoms with van der Waals surface area (Å²) in [5.74, 6) is 0.485. The van der Waals surface area contributed by atoms with E-state index < -0.39 is 12.0 Å². The van der Waals surface area contributed by atoms with Crippen LogP contribution >= 0.6 is 0 Å². The summed E-state index contributed by atoms with van der Waals surface area (Å²) in [6, 6.07) is 4.41. The average molecular weight is 323 g/mol. The van der Waals surface area contributed by atoms with Crippen molar-refractivity contribution >= 4 is 11.9 Å². The lowest BCUT2D eigenvalue weighted by Crippen LogP contribution is -2.44. The van der Waals surface area contributed by atoms with E-state index in [1.165, 1.54) is 0 Å². The predicted molar refractivity (Wildman–Crippen MR) is 81.7 cm³/mol. The molecule has 1 amide bonds. The number of rotatable bonds is 8. The first kappa shape index (κ1) is 16.9. The average Bonchev–Trinajstić information content (AvgIpc) is 2.96. The lowest BCUT2D eigenvalue weighted by Gasteiger charge is -2.17. The van der Waals surface area contributed by atoms with Gasteiger partial charge in [0.15, 0.2) is 11.5 Å². The Balaban J connectivity index is 1.70. The number of fused-ring (bicyclic) bond motifs is 1. The first-order chi connectivity index (χ1) is 11.0. The third-order valence-electron chi connectivity index (χ3n) is 3.41. The maximum atomic E-state index is 11.8. The van der Waals surface area contributed by atoms with Crippen molar-refractivity contribution in [1.82, 2.24) is 5.32 Å². The number of amides is 1. The normalized spacial score (nSPS) is 13.7. The molecule has 7 nitrogen and oxygen atoms in total. The first-order valence-electron chi connectivity index (χ1n) is 7.52. The molecule has 1 atom stereocenters. The first-order valence-corrected chi connectivity index (χ1v) is 7.52. The van der Waals surface area contributed by atoms with Crippen LogP contribution in [0.5, 0.6) is 17.2 Å². The second kappa shape index (κ2) is 7.71. The Bertz CT molecular complexity index is 572. The van der Waals surface area contributed by atoms with E-state index in [4.69, 9.17) is 19.3 Å². The molecule has 0 bridgehead atoms. The van der Waals surface area contributed by atoms with Gasteiger partial charge in [0, 0.05) is 12.5 Å². The molecule has 1 aliphatic heterocycles. The Kier molecular flexibility index (Phi) is 5.67. The Labute approximate surface area is 134 Å². The van der Waals surface area contributed by atoms with Crippen molar-refractivity contribution in [2.75, 3.05) is 13.4 Å². The number of ether oxygens (including phenoxy) is 3. The monoisotopic (exact) mass is 323 g/mol. The molecule has 126 valence electrons. The standard InChI is InChI=1S/C16H21NO6/c1-10(2)15(16(19)20)17-14(18)4-3-7-21-11-5-6-12-13(8-11)23-9-22-12/h5-6,8,10,15H,3-4,7,9H2,1-2H3,(H,17,18)(H,19,20). The Morgan fingerprint density at radius 3 is 2.74 bits per heavy atom. The zero-order chi connectivity index (χ0) is 16.8. The van der Waals surface area contributed by atoms with Gasteiger partial charge in [-0.05, 0) is 24.5 Å². The third-order valence-corrected chi connectivity index (χ3v) is 3.41. The number of carboxylic acids is 1. The zero-order valence-corrected chi connectivity index (χ0v) is 13.2. The largest absolute Gasteiger partial charge is 0.493 e. The molecular formula is C16H21NO6. The van der Waals surface area contributed by atoms with Gasteiger partial charge in [-0.3, -0.25) is 4.79 Å². The fraction of sp³-hybridized carbons (Fsp3) is 0.500. The summed E-state index contributed by atoms with van der Waals surface area (Å²) in [5, 5.41) is 11.5. The van der Waals surface area contributed by atoms with Crippen molar-refractivity contribution in [2.45, 2.75) is 32.7 Å². The fourth-order valence-electron chi connectivity index (χ4n) is 2.15. The second-order valence-electron chi connectivity index (χ2n) is 5.59. The van der Waals surface area contributed by atoms with E-state index in [0.717, 1.165) is 0 Å². The number of carbonyl (C=O) groups is 2. The summed E-state index contributed by atoms with van der Waals surface area (Å²) in [4.78, 5) is 22.8. The molecular weight excluding hydrogens is 302 g/mol. The minimum absolute atomic E-state index is 0.165. The van der Waals surface area contributed by atoms with Crippen molar-refractivity contribution in [1.29, 1.82) is 0 Å². The molecule has 2 N–H and O–H groups in total. The molecule has 1 heterocycles. The molecule has 23 heavy (non-hydrogen) atoms. The highest BCUT2D eigenvalue weighted by Gasteiger charge is 2.23. The molecule has 2 rings (SSSR count). The molecule has 7 heteroatoms. The number of benzene rings is 1. The van der Waals surface area contributed by atoms with Crippen molar-refractivity contribution in [3.8, 4) is 17.2 Å². The lowest BCUT2D eigenvalue weighted by molar-refractivity contribution is -0.143. The van der Waals surface area contributed by atoms with Gasteiger partial charge in [0.25, 0.3) is 0 Å². The molecule has 1 aromatic carbocycles. The molecule has 1 aromatic rings. The molecule has 0 aliphatic carbocycles. The van der Waals surface area contributed by atoms with E-state index in [2.05, 4.69) is 5.32 Å². The summed E-state index contributed by atoms with van der Waals surface area (Å²) < 4.78 is 16.0. The Morgan fingerprint density at radius 1 is 1.30 bits per heavy atom. The van der Waals surface area contributed by atoms with E-state index in [1.54, 1.807) is 32.0 Å². The van der Waals surface area contributed by atoms with Crippen molar-refractivity contribution in [2.24, 2.45) is 5.92 Å². The summed E-state index contributed by atoms with van der Waals surface area (Å²) >= 11 is 0. The van der Waals surface area contributed by atoms with E-state index >= 15 is 0 Å². The fourth-order valence-corrected chi connectivity index (χ4v) is 2.15. The van der Waals surface area contributed by atoms with Crippen LogP contribution in [-0.4, -0.2) is 36.4 Å². The van der Waals surface area contributed by atoms with Crippen LogP contribution < -0.4 is 19.5 Å². The summed E-state index contributed by atoms with van der Waals surface area (Å²) in [7, 11) is 0. The zero-order valence-electron chi connectivity index (χ0n) is 13.2. The predicted octanol–water partition coefficient (Wildman–Crippen LogP) is 1.80. The van der Waals surface area contributed by atoms with Crippen LogP contribution in [0.1, 0.15) is 26.7 Å². The van der Waals surface area contributed by atoms with E-state index in [1.807, 2.05) is 0 Å². The topological polar surface area (TPSA) is 94.1 Å². The number of carboxylic acid groups (broad SMARTS) is 1. The van der Waals surface area contributed by atoms with Crippen LogP contribution in [0.2, 0.25) is 0 Å². The molecule has 1 unspecified atom stereocenters. The van der Waals surface area contributed by atoms with Gasteiger partial charge in [-0.2, -0.15) is 0 Å². The van der Waals surface area contributed by atoms with Crippen LogP contribution in [-0.2, 0) is 9.59 Å². The van der Waals surface area contributed by atoms with Crippen molar-refractivity contribution < 1.29 is 28.9 Å². The molecule has 0 fully saturated rings. The maximum absolute atomic E-state index is 11.8. The van der Waals surface area contributed by atoms with Gasteiger partial charge in [-0.15, -0.1) is 0 Å². The van der Waals surface area contributed by atoms with Crippen LogP contribution in [0.4, 0.5) is 0 Å². The molecule has 0 aromatic heterocycles. The minimum atomic E-state index is -1.02. The van der Waals surface area contributed by atoms with Gasteiger partial charge in [0.05, 0.1) is 6.61 Å². The van der Waals surface area contributed by atoms with Crippen molar-refractivity contribution in [3.63, 3.8) is 0 Å². The highest BCUT2D eigenvalue weighted by Crippen LogP contribution is 2.35. The highest BCUT2D eigenvalue weighted by atomic mass is 16.7. The molecule has 0 saturated heterocycles. The smallest absolute Gasteiger partial charge is 0.326 e. The quantitative estimate of drug-likeness (QED) is 0.709. The molecule has 1 aliphatic rings. The van der Waals surface area contributed by atoms with Gasteiger partial charge in [0.2, 0.25) is 12.7 Å². The van der Waals surface area contributed by atoms with Gasteiger partial charge in [-0.25, -0.2) is 4.79 Å². The van der Waals surface area contributed by atoms with Gasteiger partial charge in [0.1, 0.15) is 11.8 Å². The number of nitrogens with one attached hydrogen (secondary N) is 1. The van der Waals surface area contributed by atoms with Crippen molar-refractivity contribution in [3.05, 3.63) is 18.2 Å². The van der Waals surface area contributed by atoms with E-state index in [-0.39, 0.29) is 25.0 Å². The number of hydrogen-bond donors (Lipinski definition) is 2.